The molecule has 1 unspecified atom stereocenters. The van der Waals surface area contributed by atoms with E-state index in [-0.39, 0.29) is 0 Å². The maximum absolute atomic E-state index is 10.6. The standard InChI is InChI=1S/C20H20O/c1-2-8-17(10-7-14-21)15-18-9-6-13-20(16-18)19-11-4-3-5-12-19/h3-6,8-9,11-14,16-17H,1,7,10,15H2. The minimum Gasteiger partial charge on any atom is -0.303 e. The van der Waals surface area contributed by atoms with Gasteiger partial charge in [0, 0.05) is 6.42 Å². The first-order valence-electron chi connectivity index (χ1n) is 7.27. The summed E-state index contributed by atoms with van der Waals surface area (Å²) in [6.07, 6.45) is 5.29. The molecule has 0 N–H and O–H groups in total. The van der Waals surface area contributed by atoms with E-state index in [1.807, 2.05) is 12.1 Å². The molecule has 0 aliphatic heterocycles. The summed E-state index contributed by atoms with van der Waals surface area (Å²) in [7, 11) is 0. The van der Waals surface area contributed by atoms with Gasteiger partial charge < -0.3 is 4.79 Å². The first-order chi connectivity index (χ1) is 10.3. The summed E-state index contributed by atoms with van der Waals surface area (Å²) in [6, 6.07) is 18.9. The molecule has 0 bridgehead atoms. The SMILES string of the molecule is C=C=CC(CCC=O)Cc1cccc(-c2ccccc2)c1. The Balaban J connectivity index is 2.16. The number of hydrogen-bond acceptors (Lipinski definition) is 1. The van der Waals surface area contributed by atoms with Gasteiger partial charge >= 0.3 is 0 Å². The third-order valence-electron chi connectivity index (χ3n) is 3.54. The number of carbonyl (C=O) groups is 1. The number of carbonyl (C=O) groups excluding carboxylic acids is 1. The van der Waals surface area contributed by atoms with E-state index in [2.05, 4.69) is 60.8 Å². The Kier molecular flexibility index (Phi) is 5.75. The second-order valence-corrected chi connectivity index (χ2v) is 5.15. The van der Waals surface area contributed by atoms with Crippen LogP contribution < -0.4 is 0 Å². The molecule has 1 atom stereocenters. The molecule has 0 aliphatic carbocycles. The average Bonchev–Trinajstić information content (AvgIpc) is 2.54. The van der Waals surface area contributed by atoms with Gasteiger partial charge in [-0.25, -0.2) is 0 Å². The lowest BCUT2D eigenvalue weighted by atomic mass is 9.93. The van der Waals surface area contributed by atoms with Crippen molar-refractivity contribution in [2.45, 2.75) is 19.3 Å². The Morgan fingerprint density at radius 1 is 1.05 bits per heavy atom. The second-order valence-electron chi connectivity index (χ2n) is 5.15. The fourth-order valence-corrected chi connectivity index (χ4v) is 2.50. The number of aldehydes is 1. The van der Waals surface area contributed by atoms with Crippen LogP contribution in [0.1, 0.15) is 18.4 Å². The third-order valence-corrected chi connectivity index (χ3v) is 3.54. The van der Waals surface area contributed by atoms with Gasteiger partial charge in [-0.05, 0) is 41.5 Å². The Morgan fingerprint density at radius 3 is 2.52 bits per heavy atom. The molecule has 0 saturated carbocycles. The van der Waals surface area contributed by atoms with Crippen LogP contribution in [0.15, 0.2) is 73.0 Å². The van der Waals surface area contributed by atoms with Crippen molar-refractivity contribution >= 4 is 6.29 Å². The lowest BCUT2D eigenvalue weighted by molar-refractivity contribution is -0.108. The zero-order chi connectivity index (χ0) is 14.9. The highest BCUT2D eigenvalue weighted by Gasteiger charge is 2.07. The zero-order valence-corrected chi connectivity index (χ0v) is 12.2. The number of rotatable bonds is 7. The van der Waals surface area contributed by atoms with Gasteiger partial charge in [-0.1, -0.05) is 61.2 Å². The molecule has 2 aromatic rings. The van der Waals surface area contributed by atoms with Gasteiger partial charge in [0.25, 0.3) is 0 Å². The van der Waals surface area contributed by atoms with Crippen molar-refractivity contribution in [1.82, 2.24) is 0 Å². The van der Waals surface area contributed by atoms with Gasteiger partial charge in [-0.3, -0.25) is 0 Å². The lowest BCUT2D eigenvalue weighted by Crippen LogP contribution is -2.02. The van der Waals surface area contributed by atoms with Crippen LogP contribution in [-0.2, 0) is 11.2 Å². The Hall–Kier alpha value is -2.37. The Bertz CT molecular complexity index is 621. The molecular formula is C20H20O. The maximum Gasteiger partial charge on any atom is 0.120 e. The van der Waals surface area contributed by atoms with Crippen LogP contribution in [0.2, 0.25) is 0 Å². The summed E-state index contributed by atoms with van der Waals surface area (Å²) in [6.45, 7) is 3.65. The predicted octanol–water partition coefficient (Wildman–Crippen LogP) is 4.83. The van der Waals surface area contributed by atoms with Crippen molar-refractivity contribution in [3.05, 3.63) is 78.5 Å². The fourth-order valence-electron chi connectivity index (χ4n) is 2.50. The summed E-state index contributed by atoms with van der Waals surface area (Å²) in [5.74, 6) is 0.318. The highest BCUT2D eigenvalue weighted by atomic mass is 16.1. The van der Waals surface area contributed by atoms with E-state index in [1.165, 1.54) is 16.7 Å². The van der Waals surface area contributed by atoms with Gasteiger partial charge in [0.15, 0.2) is 0 Å². The summed E-state index contributed by atoms with van der Waals surface area (Å²) >= 11 is 0. The summed E-state index contributed by atoms with van der Waals surface area (Å²) < 4.78 is 0. The van der Waals surface area contributed by atoms with Crippen LogP contribution in [-0.4, -0.2) is 6.29 Å². The molecule has 0 aromatic heterocycles. The minimum absolute atomic E-state index is 0.318. The van der Waals surface area contributed by atoms with Crippen molar-refractivity contribution in [3.63, 3.8) is 0 Å². The fraction of sp³-hybridized carbons (Fsp3) is 0.200. The van der Waals surface area contributed by atoms with Crippen molar-refractivity contribution in [2.24, 2.45) is 5.92 Å². The smallest absolute Gasteiger partial charge is 0.120 e. The molecule has 0 amide bonds. The van der Waals surface area contributed by atoms with Crippen molar-refractivity contribution in [1.29, 1.82) is 0 Å². The first kappa shape index (κ1) is 15.0. The molecule has 2 aromatic carbocycles. The Labute approximate surface area is 126 Å². The summed E-state index contributed by atoms with van der Waals surface area (Å²) in [5, 5.41) is 0. The molecule has 1 heteroatoms. The van der Waals surface area contributed by atoms with E-state index in [1.54, 1.807) is 0 Å². The van der Waals surface area contributed by atoms with Gasteiger partial charge in [0.05, 0.1) is 0 Å². The number of allylic oxidation sites excluding steroid dienone is 1. The quantitative estimate of drug-likeness (QED) is 0.523. The molecule has 0 aliphatic rings. The molecule has 0 radical (unpaired) electrons. The molecular weight excluding hydrogens is 256 g/mol. The van der Waals surface area contributed by atoms with Crippen LogP contribution in [0.4, 0.5) is 0 Å². The van der Waals surface area contributed by atoms with Crippen LogP contribution in [0.3, 0.4) is 0 Å². The largest absolute Gasteiger partial charge is 0.303 e. The number of benzene rings is 2. The average molecular weight is 276 g/mol. The number of hydrogen-bond donors (Lipinski definition) is 0. The van der Waals surface area contributed by atoms with Crippen LogP contribution in [0, 0.1) is 5.92 Å². The summed E-state index contributed by atoms with van der Waals surface area (Å²) in [4.78, 5) is 10.6. The molecule has 21 heavy (non-hydrogen) atoms. The lowest BCUT2D eigenvalue weighted by Gasteiger charge is -2.11. The Morgan fingerprint density at radius 2 is 1.81 bits per heavy atom. The monoisotopic (exact) mass is 276 g/mol. The van der Waals surface area contributed by atoms with E-state index in [0.29, 0.717) is 12.3 Å². The van der Waals surface area contributed by atoms with Crippen LogP contribution in [0.25, 0.3) is 11.1 Å². The van der Waals surface area contributed by atoms with E-state index in [9.17, 15) is 4.79 Å². The van der Waals surface area contributed by atoms with E-state index in [0.717, 1.165) is 19.1 Å². The van der Waals surface area contributed by atoms with Crippen molar-refractivity contribution < 1.29 is 4.79 Å². The molecule has 0 spiro atoms. The van der Waals surface area contributed by atoms with E-state index >= 15 is 0 Å². The van der Waals surface area contributed by atoms with Crippen LogP contribution >= 0.6 is 0 Å². The van der Waals surface area contributed by atoms with E-state index < -0.39 is 0 Å². The molecule has 1 nitrogen and oxygen atoms in total. The zero-order valence-electron chi connectivity index (χ0n) is 12.2. The minimum atomic E-state index is 0.318. The predicted molar refractivity (Wildman–Crippen MR) is 88.1 cm³/mol. The molecule has 0 heterocycles. The normalized spacial score (nSPS) is 11.4. The van der Waals surface area contributed by atoms with Crippen LogP contribution in [0.5, 0.6) is 0 Å². The molecule has 2 rings (SSSR count). The second kappa shape index (κ2) is 8.04. The topological polar surface area (TPSA) is 17.1 Å². The molecule has 106 valence electrons. The summed E-state index contributed by atoms with van der Waals surface area (Å²) in [5.41, 5.74) is 6.58. The van der Waals surface area contributed by atoms with Crippen molar-refractivity contribution in [3.8, 4) is 11.1 Å². The first-order valence-corrected chi connectivity index (χ1v) is 7.27. The molecule has 0 saturated heterocycles. The van der Waals surface area contributed by atoms with Gasteiger partial charge in [-0.2, -0.15) is 0 Å². The van der Waals surface area contributed by atoms with Gasteiger partial charge in [0.2, 0.25) is 0 Å². The van der Waals surface area contributed by atoms with Gasteiger partial charge in [0.1, 0.15) is 6.29 Å². The highest BCUT2D eigenvalue weighted by Crippen LogP contribution is 2.22. The maximum atomic E-state index is 10.6. The third kappa shape index (κ3) is 4.59. The highest BCUT2D eigenvalue weighted by molar-refractivity contribution is 5.63. The van der Waals surface area contributed by atoms with Crippen molar-refractivity contribution in [2.75, 3.05) is 0 Å². The molecule has 0 fully saturated rings. The van der Waals surface area contributed by atoms with Gasteiger partial charge in [-0.15, -0.1) is 5.73 Å². The van der Waals surface area contributed by atoms with E-state index in [4.69, 9.17) is 0 Å².